The van der Waals surface area contributed by atoms with Gasteiger partial charge < -0.3 is 10.1 Å². The Morgan fingerprint density at radius 3 is 2.76 bits per heavy atom. The van der Waals surface area contributed by atoms with Gasteiger partial charge in [-0.15, -0.1) is 0 Å². The zero-order chi connectivity index (χ0) is 15.2. The number of rotatable bonds is 6. The van der Waals surface area contributed by atoms with Crippen molar-refractivity contribution < 1.29 is 4.74 Å². The molecule has 1 N–H and O–H groups in total. The van der Waals surface area contributed by atoms with Gasteiger partial charge in [-0.25, -0.2) is 9.97 Å². The maximum absolute atomic E-state index is 6.08. The van der Waals surface area contributed by atoms with Gasteiger partial charge in [0.05, 0.1) is 0 Å². The van der Waals surface area contributed by atoms with Crippen LogP contribution < -0.4 is 10.1 Å². The predicted molar refractivity (Wildman–Crippen MR) is 85.4 cm³/mol. The van der Waals surface area contributed by atoms with E-state index in [1.807, 2.05) is 13.1 Å². The van der Waals surface area contributed by atoms with Crippen molar-refractivity contribution in [2.45, 2.75) is 78.5 Å². The summed E-state index contributed by atoms with van der Waals surface area (Å²) < 4.78 is 6.08. The van der Waals surface area contributed by atoms with Crippen LogP contribution in [0.15, 0.2) is 6.20 Å². The molecule has 2 atom stereocenters. The standard InChI is InChI=1S/C17H29N3O/c1-5-14-8-6-7-9-16(14)21-17-19-11-15(13(4)20-17)10-18-12(2)3/h11-12,14,16,18H,5-10H2,1-4H3. The summed E-state index contributed by atoms with van der Waals surface area (Å²) in [7, 11) is 0. The lowest BCUT2D eigenvalue weighted by atomic mass is 9.85. The van der Waals surface area contributed by atoms with Crippen LogP contribution in [-0.4, -0.2) is 22.1 Å². The zero-order valence-electron chi connectivity index (χ0n) is 13.9. The molecule has 0 saturated heterocycles. The monoisotopic (exact) mass is 291 g/mol. The average Bonchev–Trinajstić information content (AvgIpc) is 2.47. The molecule has 1 heterocycles. The third-order valence-electron chi connectivity index (χ3n) is 4.38. The number of hydrogen-bond acceptors (Lipinski definition) is 4. The van der Waals surface area contributed by atoms with Crippen molar-refractivity contribution in [3.63, 3.8) is 0 Å². The molecule has 1 fully saturated rings. The van der Waals surface area contributed by atoms with E-state index in [-0.39, 0.29) is 0 Å². The second-order valence-corrected chi connectivity index (χ2v) is 6.41. The van der Waals surface area contributed by atoms with Gasteiger partial charge in [0, 0.05) is 30.0 Å². The first kappa shape index (κ1) is 16.2. The zero-order valence-corrected chi connectivity index (χ0v) is 13.9. The maximum Gasteiger partial charge on any atom is 0.316 e. The molecule has 118 valence electrons. The third kappa shape index (κ3) is 4.67. The molecule has 1 aromatic heterocycles. The number of hydrogen-bond donors (Lipinski definition) is 1. The van der Waals surface area contributed by atoms with E-state index in [1.54, 1.807) is 0 Å². The Kier molecular flexibility index (Phi) is 5.97. The fraction of sp³-hybridized carbons (Fsp3) is 0.765. The van der Waals surface area contributed by atoms with E-state index >= 15 is 0 Å². The highest BCUT2D eigenvalue weighted by atomic mass is 16.5. The fourth-order valence-electron chi connectivity index (χ4n) is 2.95. The normalized spacial score (nSPS) is 22.5. The van der Waals surface area contributed by atoms with Crippen LogP contribution in [0, 0.1) is 12.8 Å². The first-order valence-electron chi connectivity index (χ1n) is 8.32. The van der Waals surface area contributed by atoms with E-state index in [2.05, 4.69) is 36.1 Å². The van der Waals surface area contributed by atoms with Crippen LogP contribution in [0.4, 0.5) is 0 Å². The SMILES string of the molecule is CCC1CCCCC1Oc1ncc(CNC(C)C)c(C)n1. The van der Waals surface area contributed by atoms with E-state index in [9.17, 15) is 0 Å². The summed E-state index contributed by atoms with van der Waals surface area (Å²) in [5.41, 5.74) is 2.16. The number of nitrogens with zero attached hydrogens (tertiary/aromatic N) is 2. The molecule has 0 spiro atoms. The Labute approximate surface area is 128 Å². The van der Waals surface area contributed by atoms with Crippen LogP contribution in [0.5, 0.6) is 6.01 Å². The van der Waals surface area contributed by atoms with Gasteiger partial charge in [-0.2, -0.15) is 0 Å². The van der Waals surface area contributed by atoms with Gasteiger partial charge in [-0.1, -0.05) is 27.2 Å². The molecule has 2 rings (SSSR count). The first-order chi connectivity index (χ1) is 10.1. The minimum Gasteiger partial charge on any atom is -0.460 e. The van der Waals surface area contributed by atoms with E-state index in [1.165, 1.54) is 25.7 Å². The topological polar surface area (TPSA) is 47.0 Å². The van der Waals surface area contributed by atoms with Gasteiger partial charge in [0.25, 0.3) is 0 Å². The molecule has 21 heavy (non-hydrogen) atoms. The Balaban J connectivity index is 1.99. The van der Waals surface area contributed by atoms with Crippen LogP contribution in [0.2, 0.25) is 0 Å². The molecule has 0 bridgehead atoms. The summed E-state index contributed by atoms with van der Waals surface area (Å²) >= 11 is 0. The minimum atomic E-state index is 0.294. The van der Waals surface area contributed by atoms with E-state index in [0.29, 0.717) is 24.1 Å². The highest BCUT2D eigenvalue weighted by Gasteiger charge is 2.26. The molecule has 2 unspecified atom stereocenters. The van der Waals surface area contributed by atoms with Crippen LogP contribution in [0.1, 0.15) is 64.1 Å². The molecular formula is C17H29N3O. The molecule has 1 aromatic rings. The van der Waals surface area contributed by atoms with Gasteiger partial charge in [0.15, 0.2) is 0 Å². The minimum absolute atomic E-state index is 0.294. The van der Waals surface area contributed by atoms with E-state index in [0.717, 1.165) is 24.2 Å². The van der Waals surface area contributed by atoms with E-state index < -0.39 is 0 Å². The summed E-state index contributed by atoms with van der Waals surface area (Å²) in [5.74, 6) is 0.657. The highest BCUT2D eigenvalue weighted by Crippen LogP contribution is 2.29. The largest absolute Gasteiger partial charge is 0.460 e. The third-order valence-corrected chi connectivity index (χ3v) is 4.38. The molecule has 0 aromatic carbocycles. The Morgan fingerprint density at radius 1 is 1.33 bits per heavy atom. The lowest BCUT2D eigenvalue weighted by Gasteiger charge is -2.30. The molecule has 4 nitrogen and oxygen atoms in total. The summed E-state index contributed by atoms with van der Waals surface area (Å²) in [5, 5.41) is 3.40. The van der Waals surface area contributed by atoms with Crippen molar-refractivity contribution in [2.75, 3.05) is 0 Å². The van der Waals surface area contributed by atoms with Crippen molar-refractivity contribution >= 4 is 0 Å². The van der Waals surface area contributed by atoms with Crippen molar-refractivity contribution in [1.29, 1.82) is 0 Å². The highest BCUT2D eigenvalue weighted by molar-refractivity contribution is 5.17. The summed E-state index contributed by atoms with van der Waals surface area (Å²) in [4.78, 5) is 8.95. The number of aromatic nitrogens is 2. The van der Waals surface area contributed by atoms with Crippen LogP contribution in [0.3, 0.4) is 0 Å². The first-order valence-corrected chi connectivity index (χ1v) is 8.32. The van der Waals surface area contributed by atoms with Crippen LogP contribution in [-0.2, 0) is 6.54 Å². The molecule has 1 saturated carbocycles. The Hall–Kier alpha value is -1.16. The molecule has 0 aliphatic heterocycles. The van der Waals surface area contributed by atoms with Crippen molar-refractivity contribution in [3.05, 3.63) is 17.5 Å². The van der Waals surface area contributed by atoms with Crippen molar-refractivity contribution in [2.24, 2.45) is 5.92 Å². The summed E-state index contributed by atoms with van der Waals surface area (Å²) in [6.07, 6.45) is 8.38. The second-order valence-electron chi connectivity index (χ2n) is 6.41. The summed E-state index contributed by atoms with van der Waals surface area (Å²) in [6, 6.07) is 1.01. The van der Waals surface area contributed by atoms with Crippen LogP contribution >= 0.6 is 0 Å². The summed E-state index contributed by atoms with van der Waals surface area (Å²) in [6.45, 7) is 9.37. The van der Waals surface area contributed by atoms with Crippen molar-refractivity contribution in [3.8, 4) is 6.01 Å². The van der Waals surface area contributed by atoms with Gasteiger partial charge >= 0.3 is 6.01 Å². The molecule has 0 radical (unpaired) electrons. The van der Waals surface area contributed by atoms with Gasteiger partial charge in [-0.05, 0) is 38.5 Å². The van der Waals surface area contributed by atoms with Gasteiger partial charge in [-0.3, -0.25) is 0 Å². The van der Waals surface area contributed by atoms with Gasteiger partial charge in [0.1, 0.15) is 6.10 Å². The molecular weight excluding hydrogens is 262 g/mol. The number of ether oxygens (including phenoxy) is 1. The average molecular weight is 291 g/mol. The van der Waals surface area contributed by atoms with Gasteiger partial charge in [0.2, 0.25) is 0 Å². The predicted octanol–water partition coefficient (Wildman–Crippen LogP) is 3.63. The number of aryl methyl sites for hydroxylation is 1. The smallest absolute Gasteiger partial charge is 0.316 e. The van der Waals surface area contributed by atoms with E-state index in [4.69, 9.17) is 4.74 Å². The second kappa shape index (κ2) is 7.74. The Morgan fingerprint density at radius 2 is 2.10 bits per heavy atom. The fourth-order valence-corrected chi connectivity index (χ4v) is 2.95. The van der Waals surface area contributed by atoms with Crippen molar-refractivity contribution in [1.82, 2.24) is 15.3 Å². The molecule has 4 heteroatoms. The molecule has 1 aliphatic carbocycles. The lowest BCUT2D eigenvalue weighted by Crippen LogP contribution is -2.30. The van der Waals surface area contributed by atoms with Crippen LogP contribution in [0.25, 0.3) is 0 Å². The Bertz CT molecular complexity index is 448. The maximum atomic E-state index is 6.08. The molecule has 1 aliphatic rings. The number of nitrogens with one attached hydrogen (secondary N) is 1. The molecule has 0 amide bonds. The lowest BCUT2D eigenvalue weighted by molar-refractivity contribution is 0.0806. The quantitative estimate of drug-likeness (QED) is 0.869.